The number of hydrogen-bond donors (Lipinski definition) is 3. The maximum atomic E-state index is 13.0. The molecule has 0 aliphatic heterocycles. The Morgan fingerprint density at radius 1 is 1.33 bits per heavy atom. The van der Waals surface area contributed by atoms with Gasteiger partial charge in [-0.1, -0.05) is 56.0 Å². The SMILES string of the molecule is C=C(NC(/C=C/C=N)CNC(=C)c1ccc(F)cc1)/C(Cl)=C\CC. The molecule has 1 unspecified atom stereocenters. The molecule has 0 radical (unpaired) electrons. The topological polar surface area (TPSA) is 47.9 Å². The molecule has 0 aliphatic rings. The van der Waals surface area contributed by atoms with E-state index >= 15 is 0 Å². The molecular formula is C19H23ClFN3. The highest BCUT2D eigenvalue weighted by Gasteiger charge is 2.08. The average Bonchev–Trinajstić information content (AvgIpc) is 2.57. The monoisotopic (exact) mass is 347 g/mol. The van der Waals surface area contributed by atoms with Gasteiger partial charge in [0.05, 0.1) is 11.1 Å². The van der Waals surface area contributed by atoms with Crippen molar-refractivity contribution < 1.29 is 4.39 Å². The van der Waals surface area contributed by atoms with Crippen LogP contribution in [-0.4, -0.2) is 18.8 Å². The Morgan fingerprint density at radius 3 is 2.58 bits per heavy atom. The van der Waals surface area contributed by atoms with Crippen molar-refractivity contribution in [1.29, 1.82) is 5.41 Å². The molecule has 3 N–H and O–H groups in total. The molecular weight excluding hydrogens is 325 g/mol. The summed E-state index contributed by atoms with van der Waals surface area (Å²) in [5.74, 6) is -0.284. The standard InChI is InChI=1S/C19H23ClFN3/c1-4-6-19(20)15(3)24-18(7-5-12-22)13-23-14(2)16-8-10-17(21)11-9-16/h5-12,18,22-24H,2-4,13H2,1H3/b7-5+,19-6+,22-12?. The number of hydrogen-bond acceptors (Lipinski definition) is 3. The summed E-state index contributed by atoms with van der Waals surface area (Å²) in [6.07, 6.45) is 7.36. The Bertz CT molecular complexity index is 633. The minimum atomic E-state index is -0.284. The summed E-state index contributed by atoms with van der Waals surface area (Å²) in [6, 6.07) is 5.99. The molecule has 0 saturated carbocycles. The van der Waals surface area contributed by atoms with Crippen LogP contribution in [0.5, 0.6) is 0 Å². The van der Waals surface area contributed by atoms with Crippen molar-refractivity contribution in [2.45, 2.75) is 19.4 Å². The Morgan fingerprint density at radius 2 is 2.00 bits per heavy atom. The van der Waals surface area contributed by atoms with Crippen molar-refractivity contribution in [1.82, 2.24) is 10.6 Å². The van der Waals surface area contributed by atoms with Gasteiger partial charge >= 0.3 is 0 Å². The summed E-state index contributed by atoms with van der Waals surface area (Å²) in [5, 5.41) is 14.1. The number of allylic oxidation sites excluding steroid dienone is 3. The highest BCUT2D eigenvalue weighted by atomic mass is 35.5. The van der Waals surface area contributed by atoms with E-state index in [2.05, 4.69) is 23.8 Å². The maximum absolute atomic E-state index is 13.0. The lowest BCUT2D eigenvalue weighted by atomic mass is 10.1. The second kappa shape index (κ2) is 10.4. The van der Waals surface area contributed by atoms with Gasteiger partial charge in [-0.2, -0.15) is 0 Å². The van der Waals surface area contributed by atoms with E-state index in [1.165, 1.54) is 18.3 Å². The Balaban J connectivity index is 2.69. The van der Waals surface area contributed by atoms with Crippen LogP contribution in [0.15, 0.2) is 66.4 Å². The van der Waals surface area contributed by atoms with Crippen LogP contribution in [0.4, 0.5) is 4.39 Å². The zero-order chi connectivity index (χ0) is 17.9. The number of halogens is 2. The lowest BCUT2D eigenvalue weighted by Crippen LogP contribution is -2.36. The van der Waals surface area contributed by atoms with Gasteiger partial charge in [-0.3, -0.25) is 0 Å². The van der Waals surface area contributed by atoms with Crippen molar-refractivity contribution >= 4 is 23.5 Å². The van der Waals surface area contributed by atoms with E-state index in [9.17, 15) is 4.39 Å². The fourth-order valence-electron chi connectivity index (χ4n) is 1.94. The lowest BCUT2D eigenvalue weighted by Gasteiger charge is -2.20. The molecule has 24 heavy (non-hydrogen) atoms. The van der Waals surface area contributed by atoms with Gasteiger partial charge in [0, 0.05) is 24.2 Å². The van der Waals surface area contributed by atoms with E-state index < -0.39 is 0 Å². The van der Waals surface area contributed by atoms with Crippen LogP contribution in [0.1, 0.15) is 18.9 Å². The van der Waals surface area contributed by atoms with Gasteiger partial charge in [-0.15, -0.1) is 0 Å². The van der Waals surface area contributed by atoms with Gasteiger partial charge in [-0.05, 0) is 30.2 Å². The van der Waals surface area contributed by atoms with E-state index in [0.29, 0.717) is 23.0 Å². The maximum Gasteiger partial charge on any atom is 0.123 e. The smallest absolute Gasteiger partial charge is 0.123 e. The van der Waals surface area contributed by atoms with E-state index in [1.807, 2.05) is 19.1 Å². The van der Waals surface area contributed by atoms with Gasteiger partial charge in [-0.25, -0.2) is 4.39 Å². The fourth-order valence-corrected chi connectivity index (χ4v) is 2.15. The Labute approximate surface area is 148 Å². The van der Waals surface area contributed by atoms with E-state index in [0.717, 1.165) is 12.0 Å². The first-order chi connectivity index (χ1) is 11.5. The highest BCUT2D eigenvalue weighted by Crippen LogP contribution is 2.13. The zero-order valence-corrected chi connectivity index (χ0v) is 14.5. The molecule has 0 heterocycles. The molecule has 5 heteroatoms. The first-order valence-electron chi connectivity index (χ1n) is 7.65. The molecule has 0 amide bonds. The first-order valence-corrected chi connectivity index (χ1v) is 8.03. The van der Waals surface area contributed by atoms with Crippen molar-refractivity contribution in [3.8, 4) is 0 Å². The summed E-state index contributed by atoms with van der Waals surface area (Å²) in [6.45, 7) is 10.4. The van der Waals surface area contributed by atoms with Gasteiger partial charge < -0.3 is 16.0 Å². The fraction of sp³-hybridized carbons (Fsp3) is 0.211. The van der Waals surface area contributed by atoms with Crippen LogP contribution < -0.4 is 10.6 Å². The highest BCUT2D eigenvalue weighted by molar-refractivity contribution is 6.31. The number of nitrogens with one attached hydrogen (secondary N) is 3. The van der Waals surface area contributed by atoms with Gasteiger partial charge in [0.2, 0.25) is 0 Å². The van der Waals surface area contributed by atoms with E-state index in [-0.39, 0.29) is 11.9 Å². The van der Waals surface area contributed by atoms with Gasteiger partial charge in [0.1, 0.15) is 5.82 Å². The second-order valence-electron chi connectivity index (χ2n) is 5.11. The summed E-state index contributed by atoms with van der Waals surface area (Å²) in [7, 11) is 0. The normalized spacial score (nSPS) is 12.7. The molecule has 1 aromatic rings. The van der Waals surface area contributed by atoms with Crippen LogP contribution in [0.3, 0.4) is 0 Å². The summed E-state index contributed by atoms with van der Waals surface area (Å²) in [4.78, 5) is 0. The molecule has 1 rings (SSSR count). The van der Waals surface area contributed by atoms with Gasteiger partial charge in [0.25, 0.3) is 0 Å². The van der Waals surface area contributed by atoms with Crippen molar-refractivity contribution in [3.63, 3.8) is 0 Å². The van der Waals surface area contributed by atoms with Crippen molar-refractivity contribution in [3.05, 3.63) is 77.8 Å². The third-order valence-electron chi connectivity index (χ3n) is 3.20. The first kappa shape index (κ1) is 19.7. The third-order valence-corrected chi connectivity index (χ3v) is 3.58. The molecule has 0 saturated heterocycles. The van der Waals surface area contributed by atoms with Crippen molar-refractivity contribution in [2.24, 2.45) is 0 Å². The number of benzene rings is 1. The van der Waals surface area contributed by atoms with E-state index in [1.54, 1.807) is 18.2 Å². The predicted octanol–water partition coefficient (Wildman–Crippen LogP) is 4.60. The lowest BCUT2D eigenvalue weighted by molar-refractivity contribution is 0.627. The van der Waals surface area contributed by atoms with Crippen LogP contribution >= 0.6 is 11.6 Å². The predicted molar refractivity (Wildman–Crippen MR) is 102 cm³/mol. The van der Waals surface area contributed by atoms with Crippen LogP contribution in [0.25, 0.3) is 5.70 Å². The summed E-state index contributed by atoms with van der Waals surface area (Å²) in [5.41, 5.74) is 2.12. The minimum absolute atomic E-state index is 0.129. The molecule has 3 nitrogen and oxygen atoms in total. The molecule has 0 bridgehead atoms. The minimum Gasteiger partial charge on any atom is -0.383 e. The molecule has 1 atom stereocenters. The quantitative estimate of drug-likeness (QED) is 0.428. The summed E-state index contributed by atoms with van der Waals surface area (Å²) < 4.78 is 13.0. The molecule has 0 spiro atoms. The molecule has 0 aliphatic carbocycles. The van der Waals surface area contributed by atoms with Crippen molar-refractivity contribution in [2.75, 3.05) is 6.54 Å². The molecule has 0 fully saturated rings. The van der Waals surface area contributed by atoms with Gasteiger partial charge in [0.15, 0.2) is 0 Å². The largest absolute Gasteiger partial charge is 0.383 e. The molecule has 128 valence electrons. The number of rotatable bonds is 10. The second-order valence-corrected chi connectivity index (χ2v) is 5.51. The van der Waals surface area contributed by atoms with Crippen LogP contribution in [-0.2, 0) is 0 Å². The van der Waals surface area contributed by atoms with Crippen LogP contribution in [0.2, 0.25) is 0 Å². The molecule has 1 aromatic carbocycles. The van der Waals surface area contributed by atoms with Crippen LogP contribution in [0, 0.1) is 11.2 Å². The Kier molecular flexibility index (Phi) is 8.58. The third kappa shape index (κ3) is 6.84. The summed E-state index contributed by atoms with van der Waals surface area (Å²) >= 11 is 6.14. The zero-order valence-electron chi connectivity index (χ0n) is 13.8. The average molecular weight is 348 g/mol. The Hall–Kier alpha value is -2.33. The molecule has 0 aromatic heterocycles. The van der Waals surface area contributed by atoms with E-state index in [4.69, 9.17) is 17.0 Å².